The van der Waals surface area contributed by atoms with Gasteiger partial charge in [0, 0.05) is 19.1 Å². The van der Waals surface area contributed by atoms with Crippen LogP contribution in [0.1, 0.15) is 19.8 Å². The molecular weight excluding hydrogens is 353 g/mol. The predicted octanol–water partition coefficient (Wildman–Crippen LogP) is 3.14. The number of rotatable bonds is 5. The minimum atomic E-state index is -0.294. The minimum absolute atomic E-state index is 0.0479. The first-order chi connectivity index (χ1) is 11.5. The Balaban J connectivity index is 1.75. The van der Waals surface area contributed by atoms with Crippen molar-refractivity contribution in [3.8, 4) is 0 Å². The molecule has 0 aromatic heterocycles. The summed E-state index contributed by atoms with van der Waals surface area (Å²) in [5, 5.41) is 6.85. The minimum Gasteiger partial charge on any atom is -0.450 e. The lowest BCUT2D eigenvalue weighted by Crippen LogP contribution is -2.47. The number of amides is 2. The lowest BCUT2D eigenvalue weighted by Gasteiger charge is -2.31. The SMILES string of the molecule is CCOC(=O)N1CCC(NC(=O)CNc2c(Cl)cccc2Cl)CC1. The van der Waals surface area contributed by atoms with Crippen LogP contribution in [0.5, 0.6) is 0 Å². The van der Waals surface area contributed by atoms with E-state index in [9.17, 15) is 9.59 Å². The molecular formula is C16H21Cl2N3O3. The number of para-hydroxylation sites is 1. The molecule has 0 bridgehead atoms. The molecule has 8 heteroatoms. The van der Waals surface area contributed by atoms with Crippen LogP contribution >= 0.6 is 23.2 Å². The first-order valence-corrected chi connectivity index (χ1v) is 8.65. The average molecular weight is 374 g/mol. The molecule has 0 saturated carbocycles. The molecule has 2 rings (SSSR count). The summed E-state index contributed by atoms with van der Waals surface area (Å²) < 4.78 is 4.97. The van der Waals surface area contributed by atoms with Gasteiger partial charge in [-0.05, 0) is 31.9 Å². The predicted molar refractivity (Wildman–Crippen MR) is 94.7 cm³/mol. The van der Waals surface area contributed by atoms with Gasteiger partial charge in [-0.3, -0.25) is 4.79 Å². The van der Waals surface area contributed by atoms with E-state index >= 15 is 0 Å². The summed E-state index contributed by atoms with van der Waals surface area (Å²) in [6.07, 6.45) is 1.12. The van der Waals surface area contributed by atoms with Crippen LogP contribution in [0.15, 0.2) is 18.2 Å². The molecule has 1 heterocycles. The van der Waals surface area contributed by atoms with Crippen LogP contribution in [-0.4, -0.2) is 49.2 Å². The zero-order valence-corrected chi connectivity index (χ0v) is 15.0. The fourth-order valence-electron chi connectivity index (χ4n) is 2.54. The molecule has 0 aliphatic carbocycles. The van der Waals surface area contributed by atoms with Gasteiger partial charge in [-0.2, -0.15) is 0 Å². The van der Waals surface area contributed by atoms with Crippen molar-refractivity contribution in [2.45, 2.75) is 25.8 Å². The van der Waals surface area contributed by atoms with Gasteiger partial charge in [0.15, 0.2) is 0 Å². The second-order valence-electron chi connectivity index (χ2n) is 5.48. The highest BCUT2D eigenvalue weighted by molar-refractivity contribution is 6.39. The number of carbonyl (C=O) groups is 2. The summed E-state index contributed by atoms with van der Waals surface area (Å²) in [5.41, 5.74) is 0.549. The van der Waals surface area contributed by atoms with Gasteiger partial charge >= 0.3 is 6.09 Å². The quantitative estimate of drug-likeness (QED) is 0.831. The number of hydrogen-bond acceptors (Lipinski definition) is 4. The van der Waals surface area contributed by atoms with E-state index in [1.807, 2.05) is 0 Å². The smallest absolute Gasteiger partial charge is 0.409 e. The summed E-state index contributed by atoms with van der Waals surface area (Å²) in [5.74, 6) is -0.138. The van der Waals surface area contributed by atoms with Gasteiger partial charge in [0.25, 0.3) is 0 Å². The Kier molecular flexibility index (Phi) is 6.99. The first kappa shape index (κ1) is 18.7. The molecule has 1 aromatic rings. The van der Waals surface area contributed by atoms with E-state index in [1.54, 1.807) is 30.0 Å². The highest BCUT2D eigenvalue weighted by Crippen LogP contribution is 2.29. The Bertz CT molecular complexity index is 570. The van der Waals surface area contributed by atoms with Crippen LogP contribution in [0.2, 0.25) is 10.0 Å². The van der Waals surface area contributed by atoms with E-state index in [4.69, 9.17) is 27.9 Å². The van der Waals surface area contributed by atoms with E-state index in [-0.39, 0.29) is 24.6 Å². The highest BCUT2D eigenvalue weighted by Gasteiger charge is 2.24. The van der Waals surface area contributed by atoms with Crippen molar-refractivity contribution in [3.63, 3.8) is 0 Å². The Hall–Kier alpha value is -1.66. The molecule has 0 spiro atoms. The van der Waals surface area contributed by atoms with Crippen molar-refractivity contribution in [2.75, 3.05) is 31.6 Å². The number of ether oxygens (including phenoxy) is 1. The van der Waals surface area contributed by atoms with E-state index in [2.05, 4.69) is 10.6 Å². The number of nitrogens with one attached hydrogen (secondary N) is 2. The third kappa shape index (κ3) is 5.18. The fourth-order valence-corrected chi connectivity index (χ4v) is 3.07. The second-order valence-corrected chi connectivity index (χ2v) is 6.29. The van der Waals surface area contributed by atoms with Crippen LogP contribution in [0.25, 0.3) is 0 Å². The number of benzene rings is 1. The third-order valence-electron chi connectivity index (χ3n) is 3.77. The highest BCUT2D eigenvalue weighted by atomic mass is 35.5. The molecule has 1 saturated heterocycles. The van der Waals surface area contributed by atoms with Gasteiger partial charge < -0.3 is 20.3 Å². The number of carbonyl (C=O) groups excluding carboxylic acids is 2. The van der Waals surface area contributed by atoms with Gasteiger partial charge in [0.2, 0.25) is 5.91 Å². The van der Waals surface area contributed by atoms with Gasteiger partial charge in [-0.25, -0.2) is 4.79 Å². The number of hydrogen-bond donors (Lipinski definition) is 2. The number of halogens is 2. The maximum atomic E-state index is 12.1. The zero-order chi connectivity index (χ0) is 17.5. The molecule has 2 N–H and O–H groups in total. The largest absolute Gasteiger partial charge is 0.450 e. The molecule has 1 aliphatic heterocycles. The standard InChI is InChI=1S/C16H21Cl2N3O3/c1-2-24-16(23)21-8-6-11(7-9-21)20-14(22)10-19-15-12(17)4-3-5-13(15)18/h3-5,11,19H,2,6-10H2,1H3,(H,20,22). The molecule has 6 nitrogen and oxygen atoms in total. The molecule has 0 unspecified atom stereocenters. The van der Waals surface area contributed by atoms with Crippen molar-refractivity contribution in [1.29, 1.82) is 0 Å². The number of likely N-dealkylation sites (tertiary alicyclic amines) is 1. The van der Waals surface area contributed by atoms with Crippen molar-refractivity contribution in [3.05, 3.63) is 28.2 Å². The normalized spacial score (nSPS) is 15.0. The van der Waals surface area contributed by atoms with E-state index in [0.29, 0.717) is 48.3 Å². The van der Waals surface area contributed by atoms with Crippen molar-refractivity contribution < 1.29 is 14.3 Å². The molecule has 2 amide bonds. The Labute approximate surface area is 151 Å². The maximum Gasteiger partial charge on any atom is 0.409 e. The van der Waals surface area contributed by atoms with Crippen molar-refractivity contribution in [2.24, 2.45) is 0 Å². The van der Waals surface area contributed by atoms with E-state index in [0.717, 1.165) is 0 Å². The number of piperidine rings is 1. The van der Waals surface area contributed by atoms with Crippen LogP contribution < -0.4 is 10.6 Å². The van der Waals surface area contributed by atoms with Crippen LogP contribution in [0.4, 0.5) is 10.5 Å². The summed E-state index contributed by atoms with van der Waals surface area (Å²) in [4.78, 5) is 25.4. The van der Waals surface area contributed by atoms with Gasteiger partial charge in [0.05, 0.1) is 28.9 Å². The molecule has 24 heavy (non-hydrogen) atoms. The summed E-state index contributed by atoms with van der Waals surface area (Å²) in [6, 6.07) is 5.21. The van der Waals surface area contributed by atoms with Crippen LogP contribution in [0, 0.1) is 0 Å². The average Bonchev–Trinajstić information content (AvgIpc) is 2.55. The lowest BCUT2D eigenvalue weighted by atomic mass is 10.1. The molecule has 1 fully saturated rings. The van der Waals surface area contributed by atoms with Gasteiger partial charge in [-0.15, -0.1) is 0 Å². The summed E-state index contributed by atoms with van der Waals surface area (Å²) in [6.45, 7) is 3.39. The van der Waals surface area contributed by atoms with Crippen LogP contribution in [0.3, 0.4) is 0 Å². The zero-order valence-electron chi connectivity index (χ0n) is 13.5. The molecule has 1 aromatic carbocycles. The molecule has 0 atom stereocenters. The number of anilines is 1. The summed E-state index contributed by atoms with van der Waals surface area (Å²) >= 11 is 12.1. The van der Waals surface area contributed by atoms with Gasteiger partial charge in [-0.1, -0.05) is 29.3 Å². The molecule has 1 aliphatic rings. The third-order valence-corrected chi connectivity index (χ3v) is 4.40. The Morgan fingerprint density at radius 2 is 1.88 bits per heavy atom. The van der Waals surface area contributed by atoms with Crippen molar-refractivity contribution in [1.82, 2.24) is 10.2 Å². The van der Waals surface area contributed by atoms with Gasteiger partial charge in [0.1, 0.15) is 0 Å². The lowest BCUT2D eigenvalue weighted by molar-refractivity contribution is -0.120. The topological polar surface area (TPSA) is 70.7 Å². The fraction of sp³-hybridized carbons (Fsp3) is 0.500. The first-order valence-electron chi connectivity index (χ1n) is 7.90. The summed E-state index contributed by atoms with van der Waals surface area (Å²) in [7, 11) is 0. The maximum absolute atomic E-state index is 12.1. The second kappa shape index (κ2) is 8.99. The van der Waals surface area contributed by atoms with Crippen LogP contribution in [-0.2, 0) is 9.53 Å². The number of nitrogens with zero attached hydrogens (tertiary/aromatic N) is 1. The van der Waals surface area contributed by atoms with Crippen molar-refractivity contribution >= 4 is 40.9 Å². The van der Waals surface area contributed by atoms with E-state index in [1.165, 1.54) is 0 Å². The Morgan fingerprint density at radius 3 is 2.46 bits per heavy atom. The Morgan fingerprint density at radius 1 is 1.25 bits per heavy atom. The monoisotopic (exact) mass is 373 g/mol. The molecule has 132 valence electrons. The molecule has 0 radical (unpaired) electrons. The van der Waals surface area contributed by atoms with E-state index < -0.39 is 0 Å².